The van der Waals surface area contributed by atoms with Gasteiger partial charge in [-0.05, 0) is 42.0 Å². The molecule has 7 nitrogen and oxygen atoms in total. The molecule has 3 aromatic rings. The third-order valence-electron chi connectivity index (χ3n) is 5.19. The summed E-state index contributed by atoms with van der Waals surface area (Å²) in [7, 11) is 1.55. The molecule has 1 aliphatic rings. The average molecular weight is 417 g/mol. The van der Waals surface area contributed by atoms with Gasteiger partial charge in [-0.25, -0.2) is 5.06 Å². The SMILES string of the molecule is COc1ccc(NC(=O)[C@H]2[C@@H](C(=O)[O-])ON(c3ccccc3)[C@H]2c2ccccc2)cc1. The van der Waals surface area contributed by atoms with Gasteiger partial charge in [0, 0.05) is 5.69 Å². The van der Waals surface area contributed by atoms with Gasteiger partial charge in [0.2, 0.25) is 5.91 Å². The van der Waals surface area contributed by atoms with Crippen LogP contribution in [0, 0.1) is 5.92 Å². The van der Waals surface area contributed by atoms with Crippen LogP contribution in [0.15, 0.2) is 84.9 Å². The smallest absolute Gasteiger partial charge is 0.233 e. The number of hydrogen-bond donors (Lipinski definition) is 1. The normalized spacial score (nSPS) is 20.3. The maximum Gasteiger partial charge on any atom is 0.233 e. The highest BCUT2D eigenvalue weighted by atomic mass is 16.7. The first-order chi connectivity index (χ1) is 15.1. The maximum absolute atomic E-state index is 13.3. The van der Waals surface area contributed by atoms with Crippen LogP contribution < -0.4 is 20.2 Å². The van der Waals surface area contributed by atoms with Crippen molar-refractivity contribution in [1.29, 1.82) is 0 Å². The van der Waals surface area contributed by atoms with Crippen LogP contribution in [0.25, 0.3) is 0 Å². The van der Waals surface area contributed by atoms with Crippen molar-refractivity contribution in [3.8, 4) is 5.75 Å². The Labute approximate surface area is 179 Å². The van der Waals surface area contributed by atoms with Crippen LogP contribution in [-0.2, 0) is 14.4 Å². The molecule has 0 unspecified atom stereocenters. The number of methoxy groups -OCH3 is 1. The molecule has 0 bridgehead atoms. The van der Waals surface area contributed by atoms with E-state index in [0.29, 0.717) is 17.1 Å². The molecular formula is C24H21N2O5-. The predicted octanol–water partition coefficient (Wildman–Crippen LogP) is 2.56. The Morgan fingerprint density at radius 3 is 2.13 bits per heavy atom. The van der Waals surface area contributed by atoms with Gasteiger partial charge in [0.15, 0.2) is 0 Å². The Kier molecular flexibility index (Phi) is 5.86. The summed E-state index contributed by atoms with van der Waals surface area (Å²) in [6.45, 7) is 0. The van der Waals surface area contributed by atoms with E-state index in [1.807, 2.05) is 48.5 Å². The lowest BCUT2D eigenvalue weighted by Crippen LogP contribution is -2.44. The average Bonchev–Trinajstić information content (AvgIpc) is 3.22. The molecule has 3 aromatic carbocycles. The molecule has 3 atom stereocenters. The Morgan fingerprint density at radius 1 is 0.935 bits per heavy atom. The van der Waals surface area contributed by atoms with Gasteiger partial charge in [-0.1, -0.05) is 48.5 Å². The van der Waals surface area contributed by atoms with Crippen molar-refractivity contribution in [2.24, 2.45) is 5.92 Å². The number of carbonyl (C=O) groups is 2. The summed E-state index contributed by atoms with van der Waals surface area (Å²) in [6.07, 6.45) is -1.45. The topological polar surface area (TPSA) is 90.9 Å². The molecule has 1 aliphatic heterocycles. The monoisotopic (exact) mass is 417 g/mol. The third kappa shape index (κ3) is 4.22. The molecule has 0 aliphatic carbocycles. The summed E-state index contributed by atoms with van der Waals surface area (Å²) < 4.78 is 5.14. The van der Waals surface area contributed by atoms with Crippen molar-refractivity contribution < 1.29 is 24.3 Å². The van der Waals surface area contributed by atoms with E-state index < -0.39 is 29.9 Å². The van der Waals surface area contributed by atoms with Gasteiger partial charge >= 0.3 is 0 Å². The van der Waals surface area contributed by atoms with Crippen molar-refractivity contribution >= 4 is 23.3 Å². The number of carbonyl (C=O) groups excluding carboxylic acids is 2. The second-order valence-electron chi connectivity index (χ2n) is 7.11. The quantitative estimate of drug-likeness (QED) is 0.663. The summed E-state index contributed by atoms with van der Waals surface area (Å²) in [5.41, 5.74) is 1.92. The Balaban J connectivity index is 1.72. The lowest BCUT2D eigenvalue weighted by Gasteiger charge is -2.27. The fraction of sp³-hybridized carbons (Fsp3) is 0.167. The number of carboxylic acids is 1. The largest absolute Gasteiger partial charge is 0.547 e. The van der Waals surface area contributed by atoms with Gasteiger partial charge in [-0.2, -0.15) is 0 Å². The number of nitrogens with zero attached hydrogens (tertiary/aromatic N) is 1. The van der Waals surface area contributed by atoms with Crippen LogP contribution >= 0.6 is 0 Å². The number of anilines is 2. The minimum Gasteiger partial charge on any atom is -0.547 e. The van der Waals surface area contributed by atoms with Gasteiger partial charge in [-0.3, -0.25) is 9.63 Å². The molecule has 158 valence electrons. The van der Waals surface area contributed by atoms with Crippen LogP contribution in [-0.4, -0.2) is 25.1 Å². The summed E-state index contributed by atoms with van der Waals surface area (Å²) in [5.74, 6) is -2.33. The lowest BCUT2D eigenvalue weighted by atomic mass is 9.88. The number of benzene rings is 3. The fourth-order valence-corrected chi connectivity index (χ4v) is 3.72. The summed E-state index contributed by atoms with van der Waals surface area (Å²) in [6, 6.07) is 24.4. The zero-order valence-corrected chi connectivity index (χ0v) is 16.8. The van der Waals surface area contributed by atoms with E-state index in [4.69, 9.17) is 9.57 Å². The first kappa shape index (κ1) is 20.4. The third-order valence-corrected chi connectivity index (χ3v) is 5.19. The number of para-hydroxylation sites is 1. The number of rotatable bonds is 6. The molecule has 0 saturated carbocycles. The molecule has 0 aromatic heterocycles. The Morgan fingerprint density at radius 2 is 1.55 bits per heavy atom. The number of ether oxygens (including phenoxy) is 1. The van der Waals surface area contributed by atoms with Gasteiger partial charge in [-0.15, -0.1) is 0 Å². The number of aliphatic carboxylic acids is 1. The highest BCUT2D eigenvalue weighted by molar-refractivity contribution is 5.97. The standard InChI is InChI=1S/C24H22N2O5/c1-30-19-14-12-17(13-15-19)25-23(27)20-21(16-8-4-2-5-9-16)26(31-22(20)24(28)29)18-10-6-3-7-11-18/h2-15,20-22H,1H3,(H,25,27)(H,28,29)/p-1/t20-,21+,22+/m1/s1. The molecule has 1 heterocycles. The number of amides is 1. The van der Waals surface area contributed by atoms with E-state index in [-0.39, 0.29) is 0 Å². The summed E-state index contributed by atoms with van der Waals surface area (Å²) in [5, 5.41) is 16.2. The van der Waals surface area contributed by atoms with E-state index in [9.17, 15) is 14.7 Å². The minimum atomic E-state index is -1.45. The van der Waals surface area contributed by atoms with Crippen LogP contribution in [0.5, 0.6) is 5.75 Å². The molecule has 4 rings (SSSR count). The number of nitrogens with one attached hydrogen (secondary N) is 1. The van der Waals surface area contributed by atoms with E-state index in [0.717, 1.165) is 5.56 Å². The summed E-state index contributed by atoms with van der Waals surface area (Å²) >= 11 is 0. The van der Waals surface area contributed by atoms with Crippen molar-refractivity contribution in [2.45, 2.75) is 12.1 Å². The summed E-state index contributed by atoms with van der Waals surface area (Å²) in [4.78, 5) is 31.0. The molecule has 0 spiro atoms. The van der Waals surface area contributed by atoms with E-state index in [2.05, 4.69) is 5.32 Å². The van der Waals surface area contributed by atoms with Crippen LogP contribution in [0.2, 0.25) is 0 Å². The molecule has 1 amide bonds. The zero-order valence-electron chi connectivity index (χ0n) is 16.8. The van der Waals surface area contributed by atoms with E-state index >= 15 is 0 Å². The minimum absolute atomic E-state index is 0.480. The lowest BCUT2D eigenvalue weighted by molar-refractivity contribution is -0.316. The second kappa shape index (κ2) is 8.89. The first-order valence-corrected chi connectivity index (χ1v) is 9.80. The second-order valence-corrected chi connectivity index (χ2v) is 7.11. The molecule has 1 fully saturated rings. The Bertz CT molecular complexity index is 1040. The number of carboxylic acid groups (broad SMARTS) is 1. The molecule has 0 radical (unpaired) electrons. The maximum atomic E-state index is 13.3. The van der Waals surface area contributed by atoms with E-state index in [1.165, 1.54) is 5.06 Å². The number of hydroxylamine groups is 1. The molecule has 1 N–H and O–H groups in total. The van der Waals surface area contributed by atoms with Crippen molar-refractivity contribution in [1.82, 2.24) is 0 Å². The molecule has 7 heteroatoms. The van der Waals surface area contributed by atoms with Crippen molar-refractivity contribution in [3.63, 3.8) is 0 Å². The van der Waals surface area contributed by atoms with Gasteiger partial charge in [0.1, 0.15) is 11.9 Å². The molecular weight excluding hydrogens is 396 g/mol. The van der Waals surface area contributed by atoms with Gasteiger partial charge < -0.3 is 20.0 Å². The number of hydrogen-bond acceptors (Lipinski definition) is 6. The van der Waals surface area contributed by atoms with Crippen molar-refractivity contribution in [3.05, 3.63) is 90.5 Å². The van der Waals surface area contributed by atoms with Gasteiger partial charge in [0.25, 0.3) is 0 Å². The predicted molar refractivity (Wildman–Crippen MR) is 113 cm³/mol. The first-order valence-electron chi connectivity index (χ1n) is 9.80. The van der Waals surface area contributed by atoms with Gasteiger partial charge in [0.05, 0.1) is 30.7 Å². The molecule has 31 heavy (non-hydrogen) atoms. The van der Waals surface area contributed by atoms with Crippen molar-refractivity contribution in [2.75, 3.05) is 17.5 Å². The van der Waals surface area contributed by atoms with E-state index in [1.54, 1.807) is 43.5 Å². The Hall–Kier alpha value is -3.84. The fourth-order valence-electron chi connectivity index (χ4n) is 3.72. The highest BCUT2D eigenvalue weighted by Gasteiger charge is 2.49. The van der Waals surface area contributed by atoms with Crippen LogP contribution in [0.3, 0.4) is 0 Å². The molecule has 1 saturated heterocycles. The zero-order chi connectivity index (χ0) is 21.8. The van der Waals surface area contributed by atoms with Crippen LogP contribution in [0.1, 0.15) is 11.6 Å². The highest BCUT2D eigenvalue weighted by Crippen LogP contribution is 2.42. The van der Waals surface area contributed by atoms with Crippen LogP contribution in [0.4, 0.5) is 11.4 Å².